The van der Waals surface area contributed by atoms with Crippen molar-refractivity contribution in [2.75, 3.05) is 10.6 Å². The van der Waals surface area contributed by atoms with E-state index in [1.54, 1.807) is 6.92 Å². The van der Waals surface area contributed by atoms with Crippen LogP contribution in [0.3, 0.4) is 0 Å². The summed E-state index contributed by atoms with van der Waals surface area (Å²) in [5.74, 6) is 0. The lowest BCUT2D eigenvalue weighted by Crippen LogP contribution is -2.20. The molecule has 2 amide bonds. The molecule has 0 aromatic heterocycles. The van der Waals surface area contributed by atoms with Gasteiger partial charge in [-0.15, -0.1) is 0 Å². The van der Waals surface area contributed by atoms with Crippen LogP contribution in [0.2, 0.25) is 0 Å². The number of nitro benzene ring substituents is 1. The van der Waals surface area contributed by atoms with Gasteiger partial charge in [0.05, 0.1) is 10.5 Å². The van der Waals surface area contributed by atoms with E-state index in [9.17, 15) is 28.1 Å². The largest absolute Gasteiger partial charge is 0.416 e. The molecule has 0 atom stereocenters. The van der Waals surface area contributed by atoms with E-state index >= 15 is 0 Å². The highest BCUT2D eigenvalue weighted by molar-refractivity contribution is 6.00. The predicted octanol–water partition coefficient (Wildman–Crippen LogP) is 4.57. The molecule has 0 aliphatic heterocycles. The van der Waals surface area contributed by atoms with Gasteiger partial charge in [0.25, 0.3) is 5.69 Å². The Morgan fingerprint density at radius 2 is 1.71 bits per heavy atom. The number of nitrogens with one attached hydrogen (secondary N) is 2. The van der Waals surface area contributed by atoms with Crippen molar-refractivity contribution in [2.24, 2.45) is 0 Å². The lowest BCUT2D eigenvalue weighted by molar-refractivity contribution is -0.385. The van der Waals surface area contributed by atoms with Crippen LogP contribution in [0.4, 0.5) is 35.0 Å². The summed E-state index contributed by atoms with van der Waals surface area (Å²) in [6.45, 7) is 1.55. The quantitative estimate of drug-likeness (QED) is 0.635. The van der Waals surface area contributed by atoms with E-state index in [1.165, 1.54) is 24.3 Å². The molecule has 0 saturated carbocycles. The Bertz CT molecular complexity index is 791. The molecule has 0 spiro atoms. The number of nitro groups is 1. The van der Waals surface area contributed by atoms with Crippen LogP contribution in [0.15, 0.2) is 42.5 Å². The Morgan fingerprint density at radius 1 is 1.08 bits per heavy atom. The van der Waals surface area contributed by atoms with Gasteiger partial charge in [-0.25, -0.2) is 4.79 Å². The van der Waals surface area contributed by atoms with Crippen molar-refractivity contribution in [1.29, 1.82) is 0 Å². The van der Waals surface area contributed by atoms with Gasteiger partial charge >= 0.3 is 12.2 Å². The predicted molar refractivity (Wildman–Crippen MR) is 81.9 cm³/mol. The monoisotopic (exact) mass is 339 g/mol. The van der Waals surface area contributed by atoms with Crippen LogP contribution in [-0.4, -0.2) is 11.0 Å². The Balaban J connectivity index is 2.12. The molecule has 0 unspecified atom stereocenters. The van der Waals surface area contributed by atoms with Gasteiger partial charge in [-0.1, -0.05) is 12.1 Å². The fourth-order valence-electron chi connectivity index (χ4n) is 1.95. The van der Waals surface area contributed by atoms with Gasteiger partial charge in [-0.2, -0.15) is 13.2 Å². The summed E-state index contributed by atoms with van der Waals surface area (Å²) in [6, 6.07) is 7.39. The molecule has 24 heavy (non-hydrogen) atoms. The number of rotatable bonds is 3. The van der Waals surface area contributed by atoms with E-state index in [1.807, 2.05) is 0 Å². The maximum Gasteiger partial charge on any atom is 0.416 e. The number of urea groups is 1. The lowest BCUT2D eigenvalue weighted by Gasteiger charge is -2.11. The van der Waals surface area contributed by atoms with Gasteiger partial charge in [-0.05, 0) is 31.2 Å². The molecule has 2 aromatic carbocycles. The molecular formula is C15H12F3N3O3. The number of hydrogen-bond acceptors (Lipinski definition) is 3. The topological polar surface area (TPSA) is 84.3 Å². The summed E-state index contributed by atoms with van der Waals surface area (Å²) in [6.07, 6.45) is -4.52. The number of aryl methyl sites for hydroxylation is 1. The van der Waals surface area contributed by atoms with Gasteiger partial charge in [0.15, 0.2) is 0 Å². The van der Waals surface area contributed by atoms with Crippen molar-refractivity contribution in [3.05, 3.63) is 63.7 Å². The average molecular weight is 339 g/mol. The van der Waals surface area contributed by atoms with E-state index < -0.39 is 22.7 Å². The molecule has 2 aromatic rings. The van der Waals surface area contributed by atoms with Gasteiger partial charge in [-0.3, -0.25) is 10.1 Å². The first kappa shape index (κ1) is 17.3. The van der Waals surface area contributed by atoms with Crippen LogP contribution in [0.5, 0.6) is 0 Å². The second-order valence-electron chi connectivity index (χ2n) is 4.92. The van der Waals surface area contributed by atoms with E-state index in [0.717, 1.165) is 18.2 Å². The SMILES string of the molecule is Cc1ccc(NC(=O)Nc2cccc(C(F)(F)F)c2)cc1[N+](=O)[O-]. The molecule has 0 bridgehead atoms. The third-order valence-corrected chi connectivity index (χ3v) is 3.11. The first-order valence-corrected chi connectivity index (χ1v) is 6.67. The number of anilines is 2. The van der Waals surface area contributed by atoms with Crippen molar-refractivity contribution >= 4 is 23.1 Å². The highest BCUT2D eigenvalue weighted by Crippen LogP contribution is 2.30. The molecule has 0 heterocycles. The molecule has 0 radical (unpaired) electrons. The van der Waals surface area contributed by atoms with Crippen molar-refractivity contribution in [3.8, 4) is 0 Å². The van der Waals surface area contributed by atoms with E-state index in [0.29, 0.717) is 5.56 Å². The number of carbonyl (C=O) groups is 1. The molecule has 0 saturated heterocycles. The minimum absolute atomic E-state index is 0.0519. The summed E-state index contributed by atoms with van der Waals surface area (Å²) in [7, 11) is 0. The zero-order chi connectivity index (χ0) is 17.9. The average Bonchev–Trinajstić information content (AvgIpc) is 2.48. The number of carbonyl (C=O) groups excluding carboxylic acids is 1. The Labute approximate surface area is 134 Å². The normalized spacial score (nSPS) is 11.0. The summed E-state index contributed by atoms with van der Waals surface area (Å²) in [4.78, 5) is 22.1. The third kappa shape index (κ3) is 4.22. The number of amides is 2. The fraction of sp³-hybridized carbons (Fsp3) is 0.133. The van der Waals surface area contributed by atoms with Gasteiger partial charge in [0.2, 0.25) is 0 Å². The number of nitrogens with zero attached hydrogens (tertiary/aromatic N) is 1. The minimum atomic E-state index is -4.52. The first-order valence-electron chi connectivity index (χ1n) is 6.67. The van der Waals surface area contributed by atoms with Crippen molar-refractivity contribution in [1.82, 2.24) is 0 Å². The van der Waals surface area contributed by atoms with Crippen LogP contribution < -0.4 is 10.6 Å². The Morgan fingerprint density at radius 3 is 2.29 bits per heavy atom. The lowest BCUT2D eigenvalue weighted by atomic mass is 10.2. The molecule has 0 aliphatic rings. The molecule has 2 N–H and O–H groups in total. The van der Waals surface area contributed by atoms with Crippen LogP contribution in [0, 0.1) is 17.0 Å². The first-order chi connectivity index (χ1) is 11.2. The van der Waals surface area contributed by atoms with Gasteiger partial charge in [0, 0.05) is 23.0 Å². The van der Waals surface area contributed by atoms with Gasteiger partial charge < -0.3 is 10.6 Å². The maximum atomic E-state index is 12.6. The van der Waals surface area contributed by atoms with Crippen molar-refractivity contribution in [3.63, 3.8) is 0 Å². The summed E-state index contributed by atoms with van der Waals surface area (Å²) in [5, 5.41) is 15.4. The summed E-state index contributed by atoms with van der Waals surface area (Å²) >= 11 is 0. The summed E-state index contributed by atoms with van der Waals surface area (Å²) in [5.41, 5.74) is -0.553. The smallest absolute Gasteiger partial charge is 0.308 e. The third-order valence-electron chi connectivity index (χ3n) is 3.11. The molecule has 0 aliphatic carbocycles. The maximum absolute atomic E-state index is 12.6. The molecule has 9 heteroatoms. The number of alkyl halides is 3. The van der Waals surface area contributed by atoms with Crippen LogP contribution in [-0.2, 0) is 6.18 Å². The number of hydrogen-bond donors (Lipinski definition) is 2. The van der Waals surface area contributed by atoms with Gasteiger partial charge in [0.1, 0.15) is 0 Å². The molecule has 2 rings (SSSR count). The highest BCUT2D eigenvalue weighted by atomic mass is 19.4. The van der Waals surface area contributed by atoms with Crippen LogP contribution in [0.1, 0.15) is 11.1 Å². The highest BCUT2D eigenvalue weighted by Gasteiger charge is 2.30. The zero-order valence-corrected chi connectivity index (χ0v) is 12.3. The zero-order valence-electron chi connectivity index (χ0n) is 12.3. The molecule has 126 valence electrons. The van der Waals surface area contributed by atoms with Crippen molar-refractivity contribution in [2.45, 2.75) is 13.1 Å². The number of benzene rings is 2. The molecule has 0 fully saturated rings. The van der Waals surface area contributed by atoms with E-state index in [2.05, 4.69) is 10.6 Å². The second kappa shape index (κ2) is 6.57. The fourth-order valence-corrected chi connectivity index (χ4v) is 1.95. The van der Waals surface area contributed by atoms with Crippen LogP contribution >= 0.6 is 0 Å². The second-order valence-corrected chi connectivity index (χ2v) is 4.92. The standard InChI is InChI=1S/C15H12F3N3O3/c1-9-5-6-12(8-13(9)21(23)24)20-14(22)19-11-4-2-3-10(7-11)15(16,17)18/h2-8H,1H3,(H2,19,20,22). The Kier molecular flexibility index (Phi) is 4.72. The van der Waals surface area contributed by atoms with Crippen molar-refractivity contribution < 1.29 is 22.9 Å². The Hall–Kier alpha value is -3.10. The van der Waals surface area contributed by atoms with E-state index in [4.69, 9.17) is 0 Å². The van der Waals surface area contributed by atoms with E-state index in [-0.39, 0.29) is 17.1 Å². The number of halogens is 3. The molecular weight excluding hydrogens is 327 g/mol. The molecule has 6 nitrogen and oxygen atoms in total. The summed E-state index contributed by atoms with van der Waals surface area (Å²) < 4.78 is 37.9. The minimum Gasteiger partial charge on any atom is -0.308 e. The van der Waals surface area contributed by atoms with Crippen LogP contribution in [0.25, 0.3) is 0 Å².